The lowest BCUT2D eigenvalue weighted by atomic mass is 10.2. The Bertz CT molecular complexity index is 866. The monoisotopic (exact) mass is 345 g/mol. The lowest BCUT2D eigenvalue weighted by Gasteiger charge is -2.03. The van der Waals surface area contributed by atoms with E-state index in [1.807, 2.05) is 0 Å². The molecule has 0 unspecified atom stereocenters. The largest absolute Gasteiger partial charge is 0.507 e. The summed E-state index contributed by atoms with van der Waals surface area (Å²) >= 11 is 0. The molecule has 8 heteroatoms. The number of methoxy groups -OCH3 is 1. The number of aryl methyl sites for hydroxylation is 1. The summed E-state index contributed by atoms with van der Waals surface area (Å²) in [4.78, 5) is 38.3. The van der Waals surface area contributed by atoms with Crippen molar-refractivity contribution in [2.45, 2.75) is 6.92 Å². The average Bonchev–Trinajstić information content (AvgIpc) is 2.63. The van der Waals surface area contributed by atoms with Crippen LogP contribution in [0.5, 0.6) is 5.75 Å². The second-order valence-corrected chi connectivity index (χ2v) is 4.93. The summed E-state index contributed by atoms with van der Waals surface area (Å²) in [6, 6.07) is 5.93. The van der Waals surface area contributed by atoms with Crippen LogP contribution in [0.15, 0.2) is 44.7 Å². The Labute approximate surface area is 142 Å². The Hall–Kier alpha value is -3.42. The number of benzene rings is 1. The van der Waals surface area contributed by atoms with Gasteiger partial charge in [0.15, 0.2) is 6.61 Å². The number of rotatable bonds is 5. The fraction of sp³-hybridized carbons (Fsp3) is 0.176. The van der Waals surface area contributed by atoms with Crippen LogP contribution in [0.2, 0.25) is 0 Å². The summed E-state index contributed by atoms with van der Waals surface area (Å²) in [7, 11) is 1.19. The van der Waals surface area contributed by atoms with Crippen molar-refractivity contribution in [3.63, 3.8) is 0 Å². The van der Waals surface area contributed by atoms with Gasteiger partial charge in [-0.05, 0) is 31.2 Å². The van der Waals surface area contributed by atoms with Crippen LogP contribution >= 0.6 is 0 Å². The number of hydrogen-bond acceptors (Lipinski definition) is 8. The highest BCUT2D eigenvalue weighted by molar-refractivity contribution is 5.91. The Morgan fingerprint density at radius 3 is 2.60 bits per heavy atom. The van der Waals surface area contributed by atoms with E-state index in [0.29, 0.717) is 11.3 Å². The van der Waals surface area contributed by atoms with Gasteiger partial charge in [0.2, 0.25) is 0 Å². The molecule has 1 aromatic carbocycles. The summed E-state index contributed by atoms with van der Waals surface area (Å²) in [5, 5.41) is 9.85. The van der Waals surface area contributed by atoms with Crippen molar-refractivity contribution in [2.75, 3.05) is 13.7 Å². The van der Waals surface area contributed by atoms with Crippen LogP contribution in [0, 0.1) is 6.92 Å². The molecule has 2 rings (SSSR count). The number of aromatic hydroxyl groups is 1. The minimum atomic E-state index is -0.713. The molecule has 0 aliphatic rings. The Kier molecular flexibility index (Phi) is 5.67. The molecule has 0 bridgehead atoms. The van der Waals surface area contributed by atoms with Crippen LogP contribution in [0.25, 0.3) is 0 Å². The van der Waals surface area contributed by atoms with Crippen LogP contribution < -0.4 is 5.63 Å². The van der Waals surface area contributed by atoms with Crippen molar-refractivity contribution >= 4 is 23.8 Å². The first-order valence-corrected chi connectivity index (χ1v) is 7.12. The lowest BCUT2D eigenvalue weighted by molar-refractivity contribution is -0.144. The van der Waals surface area contributed by atoms with Crippen LogP contribution in [0.1, 0.15) is 21.5 Å². The van der Waals surface area contributed by atoms with Crippen molar-refractivity contribution in [1.82, 2.24) is 0 Å². The van der Waals surface area contributed by atoms with Gasteiger partial charge in [-0.25, -0.2) is 14.4 Å². The molecule has 1 heterocycles. The normalized spacial score (nSPS) is 10.6. The molecule has 0 saturated heterocycles. The standard InChI is InChI=1S/C17H15NO7/c1-10-8-24-17(22)13(15(10)20)7-18-12-5-3-11(4-6-12)16(21)25-9-14(19)23-2/h3-8,20H,9H2,1-2H3. The molecule has 0 atom stereocenters. The predicted molar refractivity (Wildman–Crippen MR) is 87.4 cm³/mol. The van der Waals surface area contributed by atoms with Crippen LogP contribution in [0.3, 0.4) is 0 Å². The highest BCUT2D eigenvalue weighted by Crippen LogP contribution is 2.18. The van der Waals surface area contributed by atoms with E-state index in [2.05, 4.69) is 9.73 Å². The van der Waals surface area contributed by atoms with Crippen molar-refractivity contribution in [3.8, 4) is 5.75 Å². The second kappa shape index (κ2) is 7.91. The predicted octanol–water partition coefficient (Wildman–Crippen LogP) is 1.73. The Morgan fingerprint density at radius 1 is 1.28 bits per heavy atom. The van der Waals surface area contributed by atoms with Crippen LogP contribution in [-0.4, -0.2) is 37.0 Å². The van der Waals surface area contributed by atoms with E-state index in [-0.39, 0.29) is 16.9 Å². The lowest BCUT2D eigenvalue weighted by Crippen LogP contribution is -2.14. The first-order valence-electron chi connectivity index (χ1n) is 7.12. The molecule has 0 aliphatic carbocycles. The summed E-state index contributed by atoms with van der Waals surface area (Å²) < 4.78 is 13.9. The van der Waals surface area contributed by atoms with E-state index in [9.17, 15) is 19.5 Å². The smallest absolute Gasteiger partial charge is 0.348 e. The molecule has 0 saturated carbocycles. The van der Waals surface area contributed by atoms with Crippen molar-refractivity contribution in [1.29, 1.82) is 0 Å². The quantitative estimate of drug-likeness (QED) is 0.648. The van der Waals surface area contributed by atoms with Gasteiger partial charge in [0.05, 0.1) is 18.4 Å². The summed E-state index contributed by atoms with van der Waals surface area (Å²) in [6.45, 7) is 1.11. The number of carbonyl (C=O) groups excluding carboxylic acids is 2. The Morgan fingerprint density at radius 2 is 1.96 bits per heavy atom. The van der Waals surface area contributed by atoms with Gasteiger partial charge in [-0.15, -0.1) is 0 Å². The zero-order valence-corrected chi connectivity index (χ0v) is 13.5. The minimum Gasteiger partial charge on any atom is -0.507 e. The number of ether oxygens (including phenoxy) is 2. The van der Waals surface area contributed by atoms with Gasteiger partial charge in [0.25, 0.3) is 0 Å². The van der Waals surface area contributed by atoms with Crippen LogP contribution in [0.4, 0.5) is 5.69 Å². The third-order valence-electron chi connectivity index (χ3n) is 3.19. The van der Waals surface area contributed by atoms with Crippen LogP contribution in [-0.2, 0) is 14.3 Å². The van der Waals surface area contributed by atoms with Gasteiger partial charge < -0.3 is 19.0 Å². The van der Waals surface area contributed by atoms with Crippen molar-refractivity contribution < 1.29 is 28.6 Å². The number of hydrogen-bond donors (Lipinski definition) is 1. The molecule has 25 heavy (non-hydrogen) atoms. The van der Waals surface area contributed by atoms with E-state index in [0.717, 1.165) is 6.26 Å². The summed E-state index contributed by atoms with van der Waals surface area (Å²) in [5.41, 5.74) is 0.284. The molecule has 130 valence electrons. The van der Waals surface area contributed by atoms with Gasteiger partial charge in [-0.3, -0.25) is 4.99 Å². The van der Waals surface area contributed by atoms with E-state index in [1.165, 1.54) is 37.6 Å². The molecule has 1 aromatic heterocycles. The van der Waals surface area contributed by atoms with E-state index < -0.39 is 24.2 Å². The summed E-state index contributed by atoms with van der Waals surface area (Å²) in [6.07, 6.45) is 2.34. The fourth-order valence-corrected chi connectivity index (χ4v) is 1.77. The fourth-order valence-electron chi connectivity index (χ4n) is 1.77. The van der Waals surface area contributed by atoms with E-state index in [4.69, 9.17) is 9.15 Å². The van der Waals surface area contributed by atoms with E-state index >= 15 is 0 Å². The molecule has 0 aliphatic heterocycles. The Balaban J connectivity index is 2.11. The molecule has 1 N–H and O–H groups in total. The first-order chi connectivity index (χ1) is 11.9. The SMILES string of the molecule is COC(=O)COC(=O)c1ccc(N=Cc2c(O)c(C)coc2=O)cc1. The third kappa shape index (κ3) is 4.54. The van der Waals surface area contributed by atoms with Gasteiger partial charge in [-0.1, -0.05) is 0 Å². The second-order valence-electron chi connectivity index (χ2n) is 4.93. The van der Waals surface area contributed by atoms with Gasteiger partial charge >= 0.3 is 17.6 Å². The molecule has 0 spiro atoms. The molecule has 2 aromatic rings. The highest BCUT2D eigenvalue weighted by atomic mass is 16.6. The number of carbonyl (C=O) groups is 2. The molecular weight excluding hydrogens is 330 g/mol. The van der Waals surface area contributed by atoms with E-state index in [1.54, 1.807) is 6.92 Å². The zero-order chi connectivity index (χ0) is 18.4. The first kappa shape index (κ1) is 17.9. The molecular formula is C17H15NO7. The molecule has 0 fully saturated rings. The summed E-state index contributed by atoms with van der Waals surface area (Å²) in [5.74, 6) is -1.55. The highest BCUT2D eigenvalue weighted by Gasteiger charge is 2.11. The van der Waals surface area contributed by atoms with Gasteiger partial charge in [0, 0.05) is 11.8 Å². The number of aliphatic imine (C=N–C) groups is 1. The van der Waals surface area contributed by atoms with Gasteiger partial charge in [0.1, 0.15) is 17.6 Å². The number of nitrogens with zero attached hydrogens (tertiary/aromatic N) is 1. The zero-order valence-electron chi connectivity index (χ0n) is 13.5. The topological polar surface area (TPSA) is 115 Å². The number of esters is 2. The maximum absolute atomic E-state index is 11.7. The van der Waals surface area contributed by atoms with Crippen molar-refractivity contribution in [2.24, 2.45) is 4.99 Å². The van der Waals surface area contributed by atoms with Crippen molar-refractivity contribution in [3.05, 3.63) is 57.6 Å². The average molecular weight is 345 g/mol. The minimum absolute atomic E-state index is 0.0680. The van der Waals surface area contributed by atoms with Gasteiger partial charge in [-0.2, -0.15) is 0 Å². The third-order valence-corrected chi connectivity index (χ3v) is 3.19. The maximum atomic E-state index is 11.7. The molecule has 0 radical (unpaired) electrons. The molecule has 0 amide bonds. The maximum Gasteiger partial charge on any atom is 0.348 e. The molecule has 8 nitrogen and oxygen atoms in total.